The van der Waals surface area contributed by atoms with Gasteiger partial charge < -0.3 is 9.64 Å². The Morgan fingerprint density at radius 3 is 2.42 bits per heavy atom. The Balaban J connectivity index is 2.82. The van der Waals surface area contributed by atoms with Crippen molar-refractivity contribution < 1.29 is 9.53 Å². The molecule has 4 atom stereocenters. The number of hydrogen-bond donors (Lipinski definition) is 1. The number of amides is 1. The van der Waals surface area contributed by atoms with Gasteiger partial charge in [0.05, 0.1) is 24.9 Å². The van der Waals surface area contributed by atoms with E-state index in [-0.39, 0.29) is 24.2 Å². The number of carbonyl (C=O) groups excluding carboxylic acids is 1. The second-order valence-corrected chi connectivity index (χ2v) is 5.92. The Morgan fingerprint density at radius 1 is 1.32 bits per heavy atom. The number of nitrogens with one attached hydrogen (secondary N) is 1. The lowest BCUT2D eigenvalue weighted by Gasteiger charge is -2.33. The molecule has 1 heterocycles. The fourth-order valence-electron chi connectivity index (χ4n) is 2.69. The lowest BCUT2D eigenvalue weighted by Crippen LogP contribution is -2.48. The second-order valence-electron chi connectivity index (χ2n) is 5.92. The molecule has 0 bridgehead atoms. The topological polar surface area (TPSA) is 41.6 Å². The van der Waals surface area contributed by atoms with Crippen molar-refractivity contribution in [1.82, 2.24) is 10.2 Å². The Hall–Kier alpha value is -0.610. The van der Waals surface area contributed by atoms with Crippen LogP contribution in [0.15, 0.2) is 0 Å². The van der Waals surface area contributed by atoms with Crippen molar-refractivity contribution in [3.8, 4) is 0 Å². The van der Waals surface area contributed by atoms with Crippen molar-refractivity contribution in [2.45, 2.75) is 66.2 Å². The van der Waals surface area contributed by atoms with Crippen LogP contribution in [0.4, 0.5) is 0 Å². The second kappa shape index (κ2) is 7.25. The van der Waals surface area contributed by atoms with Gasteiger partial charge in [-0.3, -0.25) is 10.1 Å². The van der Waals surface area contributed by atoms with E-state index >= 15 is 0 Å². The van der Waals surface area contributed by atoms with Gasteiger partial charge in [0.15, 0.2) is 0 Å². The number of carbonyl (C=O) groups is 1. The molecule has 4 heteroatoms. The summed E-state index contributed by atoms with van der Waals surface area (Å²) in [5.74, 6) is 1.01. The van der Waals surface area contributed by atoms with Gasteiger partial charge in [0.2, 0.25) is 5.91 Å². The monoisotopic (exact) mass is 270 g/mol. The molecule has 0 aromatic rings. The molecule has 19 heavy (non-hydrogen) atoms. The van der Waals surface area contributed by atoms with Gasteiger partial charge in [-0.15, -0.1) is 0 Å². The summed E-state index contributed by atoms with van der Waals surface area (Å²) in [5, 5.41) is 3.44. The van der Waals surface area contributed by atoms with Crippen molar-refractivity contribution in [3.63, 3.8) is 0 Å². The zero-order valence-corrected chi connectivity index (χ0v) is 13.3. The van der Waals surface area contributed by atoms with E-state index in [1.807, 2.05) is 11.8 Å². The third kappa shape index (κ3) is 3.69. The normalized spacial score (nSPS) is 27.1. The summed E-state index contributed by atoms with van der Waals surface area (Å²) in [6.45, 7) is 14.0. The summed E-state index contributed by atoms with van der Waals surface area (Å²) < 4.78 is 5.57. The minimum Gasteiger partial charge on any atom is -0.380 e. The van der Waals surface area contributed by atoms with Crippen LogP contribution in [0.1, 0.15) is 48.0 Å². The summed E-state index contributed by atoms with van der Waals surface area (Å²) in [5.41, 5.74) is 0. The molecule has 4 unspecified atom stereocenters. The molecule has 0 spiro atoms. The zero-order valence-electron chi connectivity index (χ0n) is 13.3. The average molecular weight is 270 g/mol. The van der Waals surface area contributed by atoms with Gasteiger partial charge in [-0.1, -0.05) is 34.1 Å². The Morgan fingerprint density at radius 2 is 1.95 bits per heavy atom. The molecular formula is C15H30N2O2. The molecular weight excluding hydrogens is 240 g/mol. The van der Waals surface area contributed by atoms with E-state index in [4.69, 9.17) is 4.74 Å². The van der Waals surface area contributed by atoms with Crippen LogP contribution in [-0.2, 0) is 9.53 Å². The molecule has 0 aromatic carbocycles. The van der Waals surface area contributed by atoms with Gasteiger partial charge in [0, 0.05) is 6.61 Å². The molecule has 112 valence electrons. The van der Waals surface area contributed by atoms with Gasteiger partial charge in [0.1, 0.15) is 0 Å². The molecule has 1 rings (SSSR count). The molecule has 1 amide bonds. The van der Waals surface area contributed by atoms with E-state index in [0.717, 1.165) is 6.42 Å². The highest BCUT2D eigenvalue weighted by Gasteiger charge is 2.42. The first kappa shape index (κ1) is 16.4. The van der Waals surface area contributed by atoms with Crippen LogP contribution >= 0.6 is 0 Å². The van der Waals surface area contributed by atoms with Crippen LogP contribution in [0.5, 0.6) is 0 Å². The largest absolute Gasteiger partial charge is 0.380 e. The maximum atomic E-state index is 12.6. The Labute approximate surface area is 117 Å². The highest BCUT2D eigenvalue weighted by atomic mass is 16.5. The van der Waals surface area contributed by atoms with Crippen LogP contribution in [0.25, 0.3) is 0 Å². The van der Waals surface area contributed by atoms with E-state index in [2.05, 4.69) is 39.9 Å². The predicted molar refractivity (Wildman–Crippen MR) is 77.8 cm³/mol. The third-order valence-electron chi connectivity index (χ3n) is 4.19. The first-order valence-corrected chi connectivity index (χ1v) is 7.59. The van der Waals surface area contributed by atoms with Crippen molar-refractivity contribution in [2.24, 2.45) is 11.8 Å². The van der Waals surface area contributed by atoms with Crippen LogP contribution in [0, 0.1) is 11.8 Å². The first-order chi connectivity index (χ1) is 8.93. The summed E-state index contributed by atoms with van der Waals surface area (Å²) in [6.07, 6.45) is 1.11. The van der Waals surface area contributed by atoms with E-state index in [1.165, 1.54) is 0 Å². The van der Waals surface area contributed by atoms with E-state index in [1.54, 1.807) is 0 Å². The quantitative estimate of drug-likeness (QED) is 0.771. The van der Waals surface area contributed by atoms with Gasteiger partial charge in [0.25, 0.3) is 0 Å². The zero-order chi connectivity index (χ0) is 14.6. The fourth-order valence-corrected chi connectivity index (χ4v) is 2.69. The number of ether oxygens (including phenoxy) is 1. The minimum absolute atomic E-state index is 0.0390. The molecule has 0 radical (unpaired) electrons. The predicted octanol–water partition coefficient (Wildman–Crippen LogP) is 2.24. The summed E-state index contributed by atoms with van der Waals surface area (Å²) >= 11 is 0. The van der Waals surface area contributed by atoms with Gasteiger partial charge in [-0.2, -0.15) is 0 Å². The summed E-state index contributed by atoms with van der Waals surface area (Å²) in [7, 11) is 0. The molecule has 1 fully saturated rings. The maximum Gasteiger partial charge on any atom is 0.241 e. The maximum absolute atomic E-state index is 12.6. The van der Waals surface area contributed by atoms with Crippen LogP contribution < -0.4 is 5.32 Å². The smallest absolute Gasteiger partial charge is 0.241 e. The van der Waals surface area contributed by atoms with Crippen LogP contribution in [0.3, 0.4) is 0 Å². The third-order valence-corrected chi connectivity index (χ3v) is 4.19. The van der Waals surface area contributed by atoms with Crippen molar-refractivity contribution >= 4 is 5.91 Å². The SMILES string of the molecule is CCOCC(C(C)C)N1C(=O)C(C(C)CC)NC1C. The van der Waals surface area contributed by atoms with Crippen LogP contribution in [0.2, 0.25) is 0 Å². The van der Waals surface area contributed by atoms with E-state index in [9.17, 15) is 4.79 Å². The molecule has 1 aliphatic rings. The van der Waals surface area contributed by atoms with Crippen LogP contribution in [-0.4, -0.2) is 42.3 Å². The van der Waals surface area contributed by atoms with Crippen molar-refractivity contribution in [2.75, 3.05) is 13.2 Å². The van der Waals surface area contributed by atoms with Gasteiger partial charge in [-0.25, -0.2) is 0 Å². The van der Waals surface area contributed by atoms with Crippen molar-refractivity contribution in [1.29, 1.82) is 0 Å². The lowest BCUT2D eigenvalue weighted by molar-refractivity contribution is -0.135. The summed E-state index contributed by atoms with van der Waals surface area (Å²) in [4.78, 5) is 14.6. The van der Waals surface area contributed by atoms with E-state index in [0.29, 0.717) is 25.0 Å². The molecule has 1 N–H and O–H groups in total. The molecule has 4 nitrogen and oxygen atoms in total. The Kier molecular flexibility index (Phi) is 6.27. The molecule has 0 aliphatic carbocycles. The van der Waals surface area contributed by atoms with Gasteiger partial charge >= 0.3 is 0 Å². The van der Waals surface area contributed by atoms with Gasteiger partial charge in [-0.05, 0) is 25.7 Å². The number of nitrogens with zero attached hydrogens (tertiary/aromatic N) is 1. The minimum atomic E-state index is -0.0390. The fraction of sp³-hybridized carbons (Fsp3) is 0.933. The standard InChI is InChI=1S/C15H30N2O2/c1-7-11(5)14-15(18)17(12(6)16-14)13(10(3)4)9-19-8-2/h10-14,16H,7-9H2,1-6H3. The molecule has 0 aromatic heterocycles. The molecule has 1 saturated heterocycles. The first-order valence-electron chi connectivity index (χ1n) is 7.59. The van der Waals surface area contributed by atoms with E-state index < -0.39 is 0 Å². The number of hydrogen-bond acceptors (Lipinski definition) is 3. The summed E-state index contributed by atoms with van der Waals surface area (Å²) in [6, 6.07) is 0.117. The average Bonchev–Trinajstić information content (AvgIpc) is 2.65. The lowest BCUT2D eigenvalue weighted by atomic mass is 9.98. The van der Waals surface area contributed by atoms with Crippen molar-refractivity contribution in [3.05, 3.63) is 0 Å². The highest BCUT2D eigenvalue weighted by Crippen LogP contribution is 2.24. The molecule has 1 aliphatic heterocycles. The Bertz CT molecular complexity index is 294. The number of rotatable bonds is 7. The highest BCUT2D eigenvalue weighted by molar-refractivity contribution is 5.85. The molecule has 0 saturated carbocycles.